The van der Waals surface area contributed by atoms with Crippen LogP contribution in [0.3, 0.4) is 0 Å². The van der Waals surface area contributed by atoms with E-state index in [0.717, 1.165) is 5.39 Å². The van der Waals surface area contributed by atoms with Crippen molar-refractivity contribution >= 4 is 10.9 Å². The molecule has 0 saturated heterocycles. The molecule has 0 N–H and O–H groups in total. The smallest absolute Gasteiger partial charge is 0.221 e. The largest absolute Gasteiger partial charge is 0.439 e. The van der Waals surface area contributed by atoms with Crippen molar-refractivity contribution in [3.8, 4) is 17.7 Å². The number of hydrogen-bond acceptors (Lipinski definition) is 3. The Kier molecular flexibility index (Phi) is 3.25. The Balaban J connectivity index is 2.07. The fourth-order valence-electron chi connectivity index (χ4n) is 2.14. The standard InChI is InChI=1S/C17H11FN2O/c1-11-8-13(18)6-7-16(11)21-17-9-12(10-19)14-4-2-3-5-15(14)20-17/h2-9H,1H3. The summed E-state index contributed by atoms with van der Waals surface area (Å²) in [4.78, 5) is 4.38. The molecule has 4 heteroatoms. The molecule has 0 bridgehead atoms. The van der Waals surface area contributed by atoms with Crippen molar-refractivity contribution in [1.82, 2.24) is 4.98 Å². The number of nitrogens with zero attached hydrogens (tertiary/aromatic N) is 2. The number of hydrogen-bond donors (Lipinski definition) is 0. The second-order valence-electron chi connectivity index (χ2n) is 4.65. The molecule has 0 aliphatic carbocycles. The normalized spacial score (nSPS) is 10.3. The predicted molar refractivity (Wildman–Crippen MR) is 77.7 cm³/mol. The Bertz CT molecular complexity index is 868. The van der Waals surface area contributed by atoms with Gasteiger partial charge in [0, 0.05) is 11.5 Å². The number of ether oxygens (including phenoxy) is 1. The number of rotatable bonds is 2. The summed E-state index contributed by atoms with van der Waals surface area (Å²) in [5.74, 6) is 0.520. The van der Waals surface area contributed by atoms with Gasteiger partial charge in [0.25, 0.3) is 0 Å². The minimum atomic E-state index is -0.316. The summed E-state index contributed by atoms with van der Waals surface area (Å²) >= 11 is 0. The maximum atomic E-state index is 13.1. The number of benzene rings is 2. The van der Waals surface area contributed by atoms with Crippen LogP contribution >= 0.6 is 0 Å². The summed E-state index contributed by atoms with van der Waals surface area (Å²) in [6, 6.07) is 15.4. The van der Waals surface area contributed by atoms with Crippen LogP contribution < -0.4 is 4.74 Å². The summed E-state index contributed by atoms with van der Waals surface area (Å²) in [6.45, 7) is 1.75. The summed E-state index contributed by atoms with van der Waals surface area (Å²) in [5, 5.41) is 10.0. The van der Waals surface area contributed by atoms with E-state index in [0.29, 0.717) is 28.3 Å². The van der Waals surface area contributed by atoms with Crippen molar-refractivity contribution in [2.75, 3.05) is 0 Å². The third-order valence-corrected chi connectivity index (χ3v) is 3.16. The van der Waals surface area contributed by atoms with Crippen molar-refractivity contribution in [1.29, 1.82) is 5.26 Å². The Hall–Kier alpha value is -2.93. The number of para-hydroxylation sites is 1. The molecule has 0 amide bonds. The number of fused-ring (bicyclic) bond motifs is 1. The number of aromatic nitrogens is 1. The third kappa shape index (κ3) is 2.54. The topological polar surface area (TPSA) is 45.9 Å². The average molecular weight is 278 g/mol. The van der Waals surface area contributed by atoms with Crippen molar-refractivity contribution in [2.45, 2.75) is 6.92 Å². The van der Waals surface area contributed by atoms with Gasteiger partial charge in [-0.05, 0) is 36.8 Å². The maximum absolute atomic E-state index is 13.1. The van der Waals surface area contributed by atoms with Crippen molar-refractivity contribution in [2.24, 2.45) is 0 Å². The molecule has 3 rings (SSSR count). The van der Waals surface area contributed by atoms with E-state index in [-0.39, 0.29) is 5.82 Å². The van der Waals surface area contributed by atoms with Crippen LogP contribution in [0.25, 0.3) is 10.9 Å². The summed E-state index contributed by atoms with van der Waals surface area (Å²) in [7, 11) is 0. The van der Waals surface area contributed by atoms with Gasteiger partial charge in [-0.3, -0.25) is 0 Å². The average Bonchev–Trinajstić information content (AvgIpc) is 2.49. The number of aryl methyl sites for hydroxylation is 1. The lowest BCUT2D eigenvalue weighted by atomic mass is 10.1. The highest BCUT2D eigenvalue weighted by Gasteiger charge is 2.08. The van der Waals surface area contributed by atoms with E-state index in [1.807, 2.05) is 24.3 Å². The van der Waals surface area contributed by atoms with Gasteiger partial charge in [-0.1, -0.05) is 18.2 Å². The molecule has 3 nitrogen and oxygen atoms in total. The molecular formula is C17H11FN2O. The first kappa shape index (κ1) is 13.1. The Morgan fingerprint density at radius 2 is 1.95 bits per heavy atom. The van der Waals surface area contributed by atoms with Gasteiger partial charge in [-0.2, -0.15) is 5.26 Å². The van der Waals surface area contributed by atoms with E-state index in [2.05, 4.69) is 11.1 Å². The number of pyridine rings is 1. The minimum Gasteiger partial charge on any atom is -0.439 e. The van der Waals surface area contributed by atoms with Crippen molar-refractivity contribution in [3.05, 3.63) is 65.5 Å². The van der Waals surface area contributed by atoms with Gasteiger partial charge in [-0.15, -0.1) is 0 Å². The second kappa shape index (κ2) is 5.22. The van der Waals surface area contributed by atoms with Crippen LogP contribution in [0.1, 0.15) is 11.1 Å². The highest BCUT2D eigenvalue weighted by atomic mass is 19.1. The van der Waals surface area contributed by atoms with Crippen LogP contribution in [-0.4, -0.2) is 4.98 Å². The lowest BCUT2D eigenvalue weighted by Crippen LogP contribution is -1.93. The van der Waals surface area contributed by atoms with E-state index in [1.165, 1.54) is 12.1 Å². The van der Waals surface area contributed by atoms with Gasteiger partial charge in [0.05, 0.1) is 11.1 Å². The van der Waals surface area contributed by atoms with Crippen LogP contribution in [-0.2, 0) is 0 Å². The molecule has 1 aromatic heterocycles. The Labute approximate surface area is 121 Å². The zero-order valence-corrected chi connectivity index (χ0v) is 11.3. The molecule has 0 atom stereocenters. The first-order chi connectivity index (χ1) is 10.2. The zero-order chi connectivity index (χ0) is 14.8. The molecular weight excluding hydrogens is 267 g/mol. The van der Waals surface area contributed by atoms with Gasteiger partial charge < -0.3 is 4.74 Å². The van der Waals surface area contributed by atoms with Crippen LogP contribution in [0.15, 0.2) is 48.5 Å². The first-order valence-corrected chi connectivity index (χ1v) is 6.41. The molecule has 1 heterocycles. The van der Waals surface area contributed by atoms with Gasteiger partial charge >= 0.3 is 0 Å². The van der Waals surface area contributed by atoms with Gasteiger partial charge in [-0.25, -0.2) is 9.37 Å². The van der Waals surface area contributed by atoms with E-state index in [4.69, 9.17) is 4.74 Å². The molecule has 2 aromatic carbocycles. The third-order valence-electron chi connectivity index (χ3n) is 3.16. The van der Waals surface area contributed by atoms with E-state index < -0.39 is 0 Å². The second-order valence-corrected chi connectivity index (χ2v) is 4.65. The quantitative estimate of drug-likeness (QED) is 0.700. The Morgan fingerprint density at radius 3 is 2.71 bits per heavy atom. The zero-order valence-electron chi connectivity index (χ0n) is 11.3. The SMILES string of the molecule is Cc1cc(F)ccc1Oc1cc(C#N)c2ccccc2n1. The number of nitriles is 1. The van der Waals surface area contributed by atoms with Crippen LogP contribution in [0.2, 0.25) is 0 Å². The van der Waals surface area contributed by atoms with Crippen LogP contribution in [0.4, 0.5) is 4.39 Å². The highest BCUT2D eigenvalue weighted by Crippen LogP contribution is 2.27. The summed E-state index contributed by atoms with van der Waals surface area (Å²) < 4.78 is 18.8. The minimum absolute atomic E-state index is 0.316. The fraction of sp³-hybridized carbons (Fsp3) is 0.0588. The summed E-state index contributed by atoms with van der Waals surface area (Å²) in [6.07, 6.45) is 0. The first-order valence-electron chi connectivity index (χ1n) is 6.41. The lowest BCUT2D eigenvalue weighted by molar-refractivity contribution is 0.459. The molecule has 0 spiro atoms. The van der Waals surface area contributed by atoms with Crippen molar-refractivity contribution in [3.63, 3.8) is 0 Å². The number of halogens is 1. The molecule has 0 radical (unpaired) electrons. The van der Waals surface area contributed by atoms with Crippen molar-refractivity contribution < 1.29 is 9.13 Å². The van der Waals surface area contributed by atoms with Gasteiger partial charge in [0.15, 0.2) is 0 Å². The summed E-state index contributed by atoms with van der Waals surface area (Å²) in [5.41, 5.74) is 1.85. The Morgan fingerprint density at radius 1 is 1.14 bits per heavy atom. The molecule has 0 aliphatic rings. The van der Waals surface area contributed by atoms with Gasteiger partial charge in [0.2, 0.25) is 5.88 Å². The molecule has 0 fully saturated rings. The van der Waals surface area contributed by atoms with Gasteiger partial charge in [0.1, 0.15) is 17.6 Å². The fourth-order valence-corrected chi connectivity index (χ4v) is 2.14. The van der Waals surface area contributed by atoms with E-state index in [9.17, 15) is 9.65 Å². The lowest BCUT2D eigenvalue weighted by Gasteiger charge is -2.09. The van der Waals surface area contributed by atoms with E-state index in [1.54, 1.807) is 19.1 Å². The van der Waals surface area contributed by atoms with Crippen LogP contribution in [0.5, 0.6) is 11.6 Å². The monoisotopic (exact) mass is 278 g/mol. The molecule has 0 saturated carbocycles. The maximum Gasteiger partial charge on any atom is 0.221 e. The highest BCUT2D eigenvalue weighted by molar-refractivity contribution is 5.85. The molecule has 0 aliphatic heterocycles. The molecule has 102 valence electrons. The molecule has 21 heavy (non-hydrogen) atoms. The molecule has 0 unspecified atom stereocenters. The van der Waals surface area contributed by atoms with Crippen LogP contribution in [0, 0.1) is 24.1 Å². The predicted octanol–water partition coefficient (Wildman–Crippen LogP) is 4.35. The molecule has 3 aromatic rings. The van der Waals surface area contributed by atoms with E-state index >= 15 is 0 Å².